The van der Waals surface area contributed by atoms with Gasteiger partial charge in [0.1, 0.15) is 27.9 Å². The number of carbonyl (C=O) groups excluding carboxylic acids is 1. The average molecular weight is 729 g/mol. The van der Waals surface area contributed by atoms with E-state index in [1.54, 1.807) is 17.6 Å². The first kappa shape index (κ1) is 36.2. The molecular formula is C33H39F3N10O4S. The number of aromatic nitrogens is 4. The van der Waals surface area contributed by atoms with E-state index in [2.05, 4.69) is 37.4 Å². The molecule has 2 amide bonds. The second kappa shape index (κ2) is 14.9. The number of amides is 2. The van der Waals surface area contributed by atoms with Crippen LogP contribution in [0.4, 0.5) is 29.6 Å². The molecule has 0 bridgehead atoms. The van der Waals surface area contributed by atoms with Gasteiger partial charge >= 0.3 is 18.2 Å². The number of nitrogens with one attached hydrogen (secondary N) is 2. The van der Waals surface area contributed by atoms with Gasteiger partial charge in [-0.1, -0.05) is 0 Å². The lowest BCUT2D eigenvalue weighted by Gasteiger charge is -2.32. The zero-order chi connectivity index (χ0) is 36.4. The minimum absolute atomic E-state index is 0.00477. The predicted octanol–water partition coefficient (Wildman–Crippen LogP) is 3.47. The Morgan fingerprint density at radius 3 is 2.49 bits per heavy atom. The van der Waals surface area contributed by atoms with E-state index in [4.69, 9.17) is 10.7 Å². The van der Waals surface area contributed by atoms with Crippen LogP contribution < -0.4 is 26.7 Å². The van der Waals surface area contributed by atoms with Gasteiger partial charge in [-0.3, -0.25) is 15.0 Å². The van der Waals surface area contributed by atoms with E-state index in [9.17, 15) is 32.7 Å². The van der Waals surface area contributed by atoms with Crippen molar-refractivity contribution in [3.63, 3.8) is 0 Å². The lowest BCUT2D eigenvalue weighted by Crippen LogP contribution is -2.45. The first-order chi connectivity index (χ1) is 24.4. The number of halogens is 3. The standard InChI is InChI=1S/C33H39F3N10O4S/c1-3-38-32(50)41-26-13-21(30-40-25(18-51-30)33(34,35)36)23(15-39-26)20-12-22-27(47)24(31(48)49)17-46(11-10-44-8-6-43(2)7-9-44)29(22)42-28(20)45-5-4-19(14-37)16-45/h12-13,15,17-19H,3-11,14,16,37H2,1-2H3,(H,48,49)(H2,38,39,41,50). The summed E-state index contributed by atoms with van der Waals surface area (Å²) in [6.07, 6.45) is -1.21. The molecule has 6 rings (SSSR count). The van der Waals surface area contributed by atoms with Crippen LogP contribution in [0.1, 0.15) is 29.4 Å². The fraction of sp³-hybridized carbons (Fsp3) is 0.455. The van der Waals surface area contributed by atoms with Gasteiger partial charge in [0.25, 0.3) is 0 Å². The Bertz CT molecular complexity index is 1990. The molecule has 0 aliphatic carbocycles. The summed E-state index contributed by atoms with van der Waals surface area (Å²) in [6.45, 7) is 8.03. The average Bonchev–Trinajstić information content (AvgIpc) is 3.79. The number of aromatic carboxylic acids is 1. The smallest absolute Gasteiger partial charge is 0.434 e. The van der Waals surface area contributed by atoms with Crippen LogP contribution in [-0.2, 0) is 12.7 Å². The van der Waals surface area contributed by atoms with Crippen molar-refractivity contribution in [3.05, 3.63) is 51.4 Å². The minimum Gasteiger partial charge on any atom is -0.477 e. The van der Waals surface area contributed by atoms with E-state index < -0.39 is 34.9 Å². The van der Waals surface area contributed by atoms with E-state index in [1.165, 1.54) is 18.5 Å². The second-order valence-electron chi connectivity index (χ2n) is 12.7. The molecule has 14 nitrogen and oxygen atoms in total. The molecule has 51 heavy (non-hydrogen) atoms. The summed E-state index contributed by atoms with van der Waals surface area (Å²) < 4.78 is 42.9. The predicted molar refractivity (Wildman–Crippen MR) is 188 cm³/mol. The van der Waals surface area contributed by atoms with Crippen LogP contribution in [0.25, 0.3) is 32.7 Å². The number of urea groups is 1. The molecular weight excluding hydrogens is 689 g/mol. The molecule has 4 aromatic rings. The molecule has 0 radical (unpaired) electrons. The van der Waals surface area contributed by atoms with Gasteiger partial charge in [-0.2, -0.15) is 13.2 Å². The van der Waals surface area contributed by atoms with E-state index >= 15 is 0 Å². The SMILES string of the molecule is CCNC(=O)Nc1cc(-c2nc(C(F)(F)F)cs2)c(-c2cc3c(=O)c(C(=O)O)cn(CCN4CCN(C)CC4)c3nc2N2CCC(CN)C2)cn1. The van der Waals surface area contributed by atoms with Gasteiger partial charge in [-0.25, -0.2) is 24.5 Å². The molecule has 0 aromatic carbocycles. The number of anilines is 2. The molecule has 0 spiro atoms. The van der Waals surface area contributed by atoms with Gasteiger partial charge in [0.15, 0.2) is 5.69 Å². The van der Waals surface area contributed by atoms with Gasteiger partial charge in [-0.15, -0.1) is 11.3 Å². The Morgan fingerprint density at radius 1 is 1.08 bits per heavy atom. The molecule has 2 fully saturated rings. The summed E-state index contributed by atoms with van der Waals surface area (Å²) in [7, 11) is 2.06. The molecule has 2 aliphatic heterocycles. The number of likely N-dealkylation sites (N-methyl/N-ethyl adjacent to an activating group) is 1. The van der Waals surface area contributed by atoms with Crippen molar-refractivity contribution in [3.8, 4) is 21.7 Å². The number of carbonyl (C=O) groups is 2. The van der Waals surface area contributed by atoms with Gasteiger partial charge in [0.2, 0.25) is 5.43 Å². The van der Waals surface area contributed by atoms with Crippen molar-refractivity contribution < 1.29 is 27.9 Å². The number of piperazine rings is 1. The number of rotatable bonds is 10. The zero-order valence-corrected chi connectivity index (χ0v) is 29.0. The van der Waals surface area contributed by atoms with E-state index in [1.807, 2.05) is 4.90 Å². The normalized spacial score (nSPS) is 17.3. The van der Waals surface area contributed by atoms with Crippen molar-refractivity contribution >= 4 is 46.0 Å². The maximum absolute atomic E-state index is 13.8. The Balaban J connectivity index is 1.56. The van der Waals surface area contributed by atoms with Crippen LogP contribution in [0, 0.1) is 5.92 Å². The summed E-state index contributed by atoms with van der Waals surface area (Å²) in [4.78, 5) is 58.3. The Kier molecular flexibility index (Phi) is 10.6. The number of carboxylic acid groups (broad SMARTS) is 1. The number of nitrogens with two attached hydrogens (primary N) is 1. The number of thiazole rings is 1. The van der Waals surface area contributed by atoms with Crippen molar-refractivity contribution in [2.24, 2.45) is 11.7 Å². The van der Waals surface area contributed by atoms with Crippen molar-refractivity contribution in [1.82, 2.24) is 34.6 Å². The van der Waals surface area contributed by atoms with Crippen molar-refractivity contribution in [2.45, 2.75) is 26.1 Å². The van der Waals surface area contributed by atoms with Gasteiger partial charge < -0.3 is 30.5 Å². The largest absolute Gasteiger partial charge is 0.477 e. The third kappa shape index (κ3) is 7.83. The van der Waals surface area contributed by atoms with Crippen molar-refractivity contribution in [1.29, 1.82) is 0 Å². The van der Waals surface area contributed by atoms with Gasteiger partial charge in [0.05, 0.1) is 5.39 Å². The highest BCUT2D eigenvalue weighted by Crippen LogP contribution is 2.42. The molecule has 2 aliphatic rings. The van der Waals surface area contributed by atoms with Crippen LogP contribution in [-0.4, -0.2) is 112 Å². The highest BCUT2D eigenvalue weighted by molar-refractivity contribution is 7.13. The van der Waals surface area contributed by atoms with E-state index in [-0.39, 0.29) is 33.3 Å². The molecule has 272 valence electrons. The van der Waals surface area contributed by atoms with Crippen molar-refractivity contribution in [2.75, 3.05) is 76.2 Å². The first-order valence-corrected chi connectivity index (χ1v) is 17.5. The third-order valence-corrected chi connectivity index (χ3v) is 10.1. The van der Waals surface area contributed by atoms with Crippen LogP contribution in [0.5, 0.6) is 0 Å². The highest BCUT2D eigenvalue weighted by Gasteiger charge is 2.35. The quantitative estimate of drug-likeness (QED) is 0.188. The molecule has 6 heterocycles. The number of hydrogen-bond donors (Lipinski definition) is 4. The molecule has 1 unspecified atom stereocenters. The Hall–Kier alpha value is -4.65. The topological polar surface area (TPSA) is 175 Å². The number of fused-ring (bicyclic) bond motifs is 1. The monoisotopic (exact) mass is 728 g/mol. The molecule has 5 N–H and O–H groups in total. The maximum Gasteiger partial charge on any atom is 0.434 e. The summed E-state index contributed by atoms with van der Waals surface area (Å²) >= 11 is 0.765. The lowest BCUT2D eigenvalue weighted by atomic mass is 10.00. The number of nitrogens with zero attached hydrogens (tertiary/aromatic N) is 7. The molecule has 2 saturated heterocycles. The van der Waals surface area contributed by atoms with Gasteiger partial charge in [0, 0.05) is 93.4 Å². The maximum atomic E-state index is 13.8. The number of pyridine rings is 3. The highest BCUT2D eigenvalue weighted by atomic mass is 32.1. The molecule has 18 heteroatoms. The van der Waals surface area contributed by atoms with Crippen LogP contribution >= 0.6 is 11.3 Å². The number of alkyl halides is 3. The summed E-state index contributed by atoms with van der Waals surface area (Å²) in [5.41, 5.74) is 4.91. The molecule has 4 aromatic heterocycles. The van der Waals surface area contributed by atoms with Crippen LogP contribution in [0.2, 0.25) is 0 Å². The summed E-state index contributed by atoms with van der Waals surface area (Å²) in [5.74, 6) is -0.743. The lowest BCUT2D eigenvalue weighted by molar-refractivity contribution is -0.140. The number of hydrogen-bond acceptors (Lipinski definition) is 11. The van der Waals surface area contributed by atoms with E-state index in [0.717, 1.165) is 49.3 Å². The first-order valence-electron chi connectivity index (χ1n) is 16.6. The fourth-order valence-electron chi connectivity index (χ4n) is 6.37. The zero-order valence-electron chi connectivity index (χ0n) is 28.2. The number of carboxylic acids is 1. The molecule has 1 atom stereocenters. The molecule has 0 saturated carbocycles. The van der Waals surface area contributed by atoms with Crippen LogP contribution in [0.3, 0.4) is 0 Å². The van der Waals surface area contributed by atoms with Gasteiger partial charge in [-0.05, 0) is 45.0 Å². The third-order valence-electron chi connectivity index (χ3n) is 9.23. The van der Waals surface area contributed by atoms with Crippen LogP contribution in [0.15, 0.2) is 34.7 Å². The second-order valence-corrected chi connectivity index (χ2v) is 13.6. The van der Waals surface area contributed by atoms with E-state index in [0.29, 0.717) is 56.2 Å². The summed E-state index contributed by atoms with van der Waals surface area (Å²) in [5, 5.41) is 16.2. The Labute approximate surface area is 295 Å². The fourth-order valence-corrected chi connectivity index (χ4v) is 7.22. The minimum atomic E-state index is -4.70. The Morgan fingerprint density at radius 2 is 1.84 bits per heavy atom. The summed E-state index contributed by atoms with van der Waals surface area (Å²) in [6, 6.07) is 2.41.